The van der Waals surface area contributed by atoms with Crippen LogP contribution in [0.4, 0.5) is 0 Å². The summed E-state index contributed by atoms with van der Waals surface area (Å²) in [5, 5.41) is 13.3. The van der Waals surface area contributed by atoms with E-state index in [2.05, 4.69) is 29.2 Å². The number of carbonyl (C=O) groups excluding carboxylic acids is 2. The van der Waals surface area contributed by atoms with Crippen molar-refractivity contribution in [3.8, 4) is 0 Å². The third kappa shape index (κ3) is 4.70. The third-order valence-electron chi connectivity index (χ3n) is 9.32. The Morgan fingerprint density at radius 2 is 1.79 bits per heavy atom. The summed E-state index contributed by atoms with van der Waals surface area (Å²) in [6.45, 7) is 11.4. The number of nitrogens with zero attached hydrogens (tertiary/aromatic N) is 8. The van der Waals surface area contributed by atoms with Crippen molar-refractivity contribution in [2.75, 3.05) is 26.2 Å². The lowest BCUT2D eigenvalue weighted by Crippen LogP contribution is -2.62. The van der Waals surface area contributed by atoms with Crippen molar-refractivity contribution in [3.05, 3.63) is 83.0 Å². The van der Waals surface area contributed by atoms with Gasteiger partial charge in [-0.15, -0.1) is 0 Å². The summed E-state index contributed by atoms with van der Waals surface area (Å²) in [5.74, 6) is 1.14. The van der Waals surface area contributed by atoms with Gasteiger partial charge in [0.1, 0.15) is 6.54 Å². The van der Waals surface area contributed by atoms with Crippen molar-refractivity contribution < 1.29 is 14.1 Å². The molecule has 2 aliphatic heterocycles. The van der Waals surface area contributed by atoms with Gasteiger partial charge in [-0.05, 0) is 37.3 Å². The maximum absolute atomic E-state index is 13.7. The summed E-state index contributed by atoms with van der Waals surface area (Å²) in [6.07, 6.45) is 4.37. The summed E-state index contributed by atoms with van der Waals surface area (Å²) < 4.78 is 9.32. The highest BCUT2D eigenvalue weighted by molar-refractivity contribution is 5.94. The van der Waals surface area contributed by atoms with Gasteiger partial charge in [0.15, 0.2) is 5.82 Å². The second-order valence-corrected chi connectivity index (χ2v) is 13.1. The summed E-state index contributed by atoms with van der Waals surface area (Å²) in [6, 6.07) is 12.1. The van der Waals surface area contributed by atoms with Gasteiger partial charge in [-0.2, -0.15) is 15.2 Å². The first-order chi connectivity index (χ1) is 20.1. The van der Waals surface area contributed by atoms with Gasteiger partial charge in [0, 0.05) is 49.4 Å². The van der Waals surface area contributed by atoms with E-state index in [1.54, 1.807) is 10.9 Å². The molecule has 2 atom stereocenters. The van der Waals surface area contributed by atoms with E-state index in [1.165, 1.54) is 0 Å². The SMILES string of the molecule is Cc1cc(C)n(Cc2nc(C3CN(C(=O)c4cnn(Cc5ccccc5)c4)CC34CN(C(=O)[C@H]3CC3(C)C)C4)no2)n1. The summed E-state index contributed by atoms with van der Waals surface area (Å²) in [7, 11) is 0. The smallest absolute Gasteiger partial charge is 0.257 e. The van der Waals surface area contributed by atoms with Gasteiger partial charge in [0.25, 0.3) is 5.91 Å². The topological polar surface area (TPSA) is 115 Å². The molecule has 7 rings (SSSR count). The maximum atomic E-state index is 13.7. The average Bonchev–Trinajstić information content (AvgIpc) is 3.49. The molecule has 218 valence electrons. The lowest BCUT2D eigenvalue weighted by Gasteiger charge is -2.50. The molecule has 11 heteroatoms. The molecule has 3 aromatic heterocycles. The van der Waals surface area contributed by atoms with Gasteiger partial charge < -0.3 is 14.3 Å². The van der Waals surface area contributed by atoms with Crippen molar-refractivity contribution in [1.29, 1.82) is 0 Å². The Kier molecular flexibility index (Phi) is 6.11. The Morgan fingerprint density at radius 1 is 1.05 bits per heavy atom. The number of aromatic nitrogens is 6. The molecule has 0 radical (unpaired) electrons. The van der Waals surface area contributed by atoms with Gasteiger partial charge >= 0.3 is 0 Å². The molecule has 4 aromatic rings. The van der Waals surface area contributed by atoms with Crippen molar-refractivity contribution in [3.63, 3.8) is 0 Å². The summed E-state index contributed by atoms with van der Waals surface area (Å²) in [5.41, 5.74) is 3.37. The van der Waals surface area contributed by atoms with Crippen LogP contribution in [0.25, 0.3) is 0 Å². The highest BCUT2D eigenvalue weighted by atomic mass is 16.5. The number of hydrogen-bond donors (Lipinski definition) is 0. The van der Waals surface area contributed by atoms with Crippen LogP contribution in [0.3, 0.4) is 0 Å². The molecule has 3 fully saturated rings. The van der Waals surface area contributed by atoms with Crippen LogP contribution in [0.15, 0.2) is 53.3 Å². The van der Waals surface area contributed by atoms with Crippen molar-refractivity contribution >= 4 is 11.8 Å². The highest BCUT2D eigenvalue weighted by Gasteiger charge is 2.61. The van der Waals surface area contributed by atoms with Gasteiger partial charge in [-0.3, -0.25) is 19.0 Å². The van der Waals surface area contributed by atoms with Crippen LogP contribution in [-0.2, 0) is 17.9 Å². The van der Waals surface area contributed by atoms with Crippen LogP contribution in [0.1, 0.15) is 65.2 Å². The Morgan fingerprint density at radius 3 is 2.48 bits per heavy atom. The zero-order valence-corrected chi connectivity index (χ0v) is 24.5. The standard InChI is InChI=1S/C31H36N8O3/c1-20-10-21(2)39(34-20)16-26-33-27(35-42-26)25-15-36(17-31(25)18-37(19-31)29(41)24-11-30(24,3)4)28(40)23-12-32-38(14-23)13-22-8-6-5-7-9-22/h5-10,12,14,24-25H,11,13,15-19H2,1-4H3/t24-,25?/m1/s1. The van der Waals surface area contributed by atoms with Crippen LogP contribution in [0, 0.1) is 30.6 Å². The molecule has 3 aliphatic rings. The average molecular weight is 569 g/mol. The monoisotopic (exact) mass is 568 g/mol. The molecule has 0 bridgehead atoms. The van der Waals surface area contributed by atoms with E-state index in [0.29, 0.717) is 56.5 Å². The molecule has 1 spiro atoms. The number of carbonyl (C=O) groups is 2. The van der Waals surface area contributed by atoms with E-state index in [-0.39, 0.29) is 34.5 Å². The van der Waals surface area contributed by atoms with Gasteiger partial charge in [-0.1, -0.05) is 49.3 Å². The van der Waals surface area contributed by atoms with Crippen LogP contribution in [0.2, 0.25) is 0 Å². The molecule has 0 N–H and O–H groups in total. The molecule has 1 unspecified atom stereocenters. The van der Waals surface area contributed by atoms with E-state index < -0.39 is 0 Å². The van der Waals surface area contributed by atoms with E-state index in [1.807, 2.05) is 70.9 Å². The molecular weight excluding hydrogens is 532 g/mol. The highest BCUT2D eigenvalue weighted by Crippen LogP contribution is 2.55. The molecule has 11 nitrogen and oxygen atoms in total. The predicted octanol–water partition coefficient (Wildman–Crippen LogP) is 3.29. The van der Waals surface area contributed by atoms with Crippen LogP contribution in [0.5, 0.6) is 0 Å². The van der Waals surface area contributed by atoms with E-state index >= 15 is 0 Å². The number of rotatable bonds is 7. The maximum Gasteiger partial charge on any atom is 0.257 e. The first kappa shape index (κ1) is 26.6. The number of likely N-dealkylation sites (tertiary alicyclic amines) is 2. The van der Waals surface area contributed by atoms with Crippen LogP contribution >= 0.6 is 0 Å². The zero-order valence-electron chi connectivity index (χ0n) is 24.5. The second kappa shape index (κ2) is 9.64. The third-order valence-corrected chi connectivity index (χ3v) is 9.32. The van der Waals surface area contributed by atoms with Gasteiger partial charge in [0.2, 0.25) is 11.8 Å². The molecule has 1 saturated carbocycles. The molecule has 2 saturated heterocycles. The fraction of sp³-hybridized carbons (Fsp3) is 0.484. The Hall–Kier alpha value is -4.28. The first-order valence-corrected chi connectivity index (χ1v) is 14.6. The molecule has 1 aromatic carbocycles. The zero-order chi connectivity index (χ0) is 29.2. The molecule has 1 aliphatic carbocycles. The lowest BCUT2D eigenvalue weighted by molar-refractivity contribution is -0.145. The minimum atomic E-state index is -0.316. The Balaban J connectivity index is 1.11. The molecule has 5 heterocycles. The molecule has 42 heavy (non-hydrogen) atoms. The summed E-state index contributed by atoms with van der Waals surface area (Å²) >= 11 is 0. The predicted molar refractivity (Wildman–Crippen MR) is 152 cm³/mol. The number of benzene rings is 1. The quantitative estimate of drug-likeness (QED) is 0.336. The fourth-order valence-corrected chi connectivity index (χ4v) is 6.73. The van der Waals surface area contributed by atoms with Crippen molar-refractivity contribution in [2.24, 2.45) is 16.7 Å². The minimum Gasteiger partial charge on any atom is -0.341 e. The normalized spacial score (nSPS) is 22.0. The number of hydrogen-bond acceptors (Lipinski definition) is 7. The Bertz CT molecular complexity index is 1640. The number of amides is 2. The first-order valence-electron chi connectivity index (χ1n) is 14.6. The minimum absolute atomic E-state index is 0.0718. The molecule has 2 amide bonds. The van der Waals surface area contributed by atoms with E-state index in [9.17, 15) is 9.59 Å². The van der Waals surface area contributed by atoms with Crippen molar-refractivity contribution in [1.82, 2.24) is 39.5 Å². The van der Waals surface area contributed by atoms with E-state index in [4.69, 9.17) is 9.51 Å². The van der Waals surface area contributed by atoms with Crippen LogP contribution < -0.4 is 0 Å². The summed E-state index contributed by atoms with van der Waals surface area (Å²) in [4.78, 5) is 35.5. The fourth-order valence-electron chi connectivity index (χ4n) is 6.73. The van der Waals surface area contributed by atoms with Gasteiger partial charge in [-0.25, -0.2) is 0 Å². The van der Waals surface area contributed by atoms with Gasteiger partial charge in [0.05, 0.1) is 29.9 Å². The second-order valence-electron chi connectivity index (χ2n) is 13.1. The van der Waals surface area contributed by atoms with E-state index in [0.717, 1.165) is 23.4 Å². The lowest BCUT2D eigenvalue weighted by atomic mass is 9.71. The van der Waals surface area contributed by atoms with Crippen molar-refractivity contribution in [2.45, 2.75) is 53.1 Å². The Labute approximate surface area is 244 Å². The number of aryl methyl sites for hydroxylation is 2. The van der Waals surface area contributed by atoms with Crippen LogP contribution in [-0.4, -0.2) is 77.5 Å². The largest absolute Gasteiger partial charge is 0.341 e. The molecular formula is C31H36N8O3.